The number of fused-ring (bicyclic) bond motifs is 3. The zero-order chi connectivity index (χ0) is 28.6. The number of allylic oxidation sites excluding steroid dienone is 2. The molecule has 9 heteroatoms. The number of imide groups is 1. The number of hydrogen-bond acceptors (Lipinski definition) is 6. The zero-order valence-corrected chi connectivity index (χ0v) is 25.3. The lowest BCUT2D eigenvalue weighted by Crippen LogP contribution is -2.46. The van der Waals surface area contributed by atoms with E-state index in [9.17, 15) is 19.7 Å². The van der Waals surface area contributed by atoms with Crippen molar-refractivity contribution in [2.45, 2.75) is 52.0 Å². The van der Waals surface area contributed by atoms with Crippen LogP contribution >= 0.6 is 22.6 Å². The van der Waals surface area contributed by atoms with Gasteiger partial charge in [-0.1, -0.05) is 48.9 Å². The Balaban J connectivity index is 1.45. The molecule has 0 bridgehead atoms. The number of nitrogens with zero attached hydrogens (tertiary/aromatic N) is 1. The van der Waals surface area contributed by atoms with Crippen LogP contribution < -0.4 is 4.74 Å². The Morgan fingerprint density at radius 2 is 1.95 bits per heavy atom. The van der Waals surface area contributed by atoms with Crippen molar-refractivity contribution in [3.05, 3.63) is 68.3 Å². The molecule has 2 aromatic carbocycles. The number of phenols is 1. The van der Waals surface area contributed by atoms with Crippen molar-refractivity contribution in [3.8, 4) is 11.5 Å². The van der Waals surface area contributed by atoms with Gasteiger partial charge in [-0.25, -0.2) is 0 Å². The van der Waals surface area contributed by atoms with Gasteiger partial charge >= 0.3 is 7.12 Å². The van der Waals surface area contributed by atoms with Gasteiger partial charge in [0.1, 0.15) is 0 Å². The highest BCUT2D eigenvalue weighted by molar-refractivity contribution is 14.1. The SMILES string of the molecule is CCCN1C(=O)[C@@H]2[C@@H](CC(C)=C3[C@@H](CC/C(=C/c4cc(I)c(O)c(OC)c4)c4ccccc4)OB(O)C[C@@H]32)C1=O. The van der Waals surface area contributed by atoms with Crippen LogP contribution in [0.5, 0.6) is 11.5 Å². The summed E-state index contributed by atoms with van der Waals surface area (Å²) in [5.41, 5.74) is 5.24. The van der Waals surface area contributed by atoms with E-state index in [0.29, 0.717) is 41.4 Å². The molecule has 2 aromatic rings. The van der Waals surface area contributed by atoms with Crippen LogP contribution in [0.2, 0.25) is 6.32 Å². The van der Waals surface area contributed by atoms with Gasteiger partial charge in [-0.3, -0.25) is 14.5 Å². The largest absolute Gasteiger partial charge is 0.504 e. The summed E-state index contributed by atoms with van der Waals surface area (Å²) in [5, 5.41) is 21.1. The van der Waals surface area contributed by atoms with E-state index in [0.717, 1.165) is 34.3 Å². The molecule has 0 spiro atoms. The maximum Gasteiger partial charge on any atom is 0.455 e. The Morgan fingerprint density at radius 3 is 2.65 bits per heavy atom. The molecule has 2 aliphatic heterocycles. The van der Waals surface area contributed by atoms with Gasteiger partial charge in [0.05, 0.1) is 28.6 Å². The van der Waals surface area contributed by atoms with Crippen molar-refractivity contribution < 1.29 is 29.1 Å². The van der Waals surface area contributed by atoms with Crippen LogP contribution in [-0.4, -0.2) is 53.7 Å². The molecule has 2 heterocycles. The zero-order valence-electron chi connectivity index (χ0n) is 23.1. The van der Waals surface area contributed by atoms with E-state index < -0.39 is 13.0 Å². The fraction of sp³-hybridized carbons (Fsp3) is 0.419. The Hall–Kier alpha value is -2.63. The molecule has 4 atom stereocenters. The normalized spacial score (nSPS) is 24.9. The van der Waals surface area contributed by atoms with Crippen LogP contribution in [0.1, 0.15) is 50.7 Å². The Labute approximate surface area is 249 Å². The summed E-state index contributed by atoms with van der Waals surface area (Å²) in [6, 6.07) is 13.8. The molecule has 0 unspecified atom stereocenters. The molecule has 2 amide bonds. The van der Waals surface area contributed by atoms with Gasteiger partial charge < -0.3 is 19.5 Å². The van der Waals surface area contributed by atoms with E-state index in [1.54, 1.807) is 0 Å². The van der Waals surface area contributed by atoms with Gasteiger partial charge in [-0.15, -0.1) is 0 Å². The first-order valence-electron chi connectivity index (χ1n) is 13.9. The summed E-state index contributed by atoms with van der Waals surface area (Å²) >= 11 is 2.10. The van der Waals surface area contributed by atoms with Crippen LogP contribution in [0, 0.1) is 21.3 Å². The number of aromatic hydroxyl groups is 1. The molecule has 2 saturated heterocycles. The molecular weight excluding hydrogens is 620 g/mol. The van der Waals surface area contributed by atoms with Crippen molar-refractivity contribution in [2.75, 3.05) is 13.7 Å². The minimum Gasteiger partial charge on any atom is -0.504 e. The molecule has 210 valence electrons. The van der Waals surface area contributed by atoms with E-state index in [1.807, 2.05) is 44.2 Å². The predicted octanol–water partition coefficient (Wildman–Crippen LogP) is 5.55. The lowest BCUT2D eigenvalue weighted by Gasteiger charge is -2.42. The first-order valence-corrected chi connectivity index (χ1v) is 15.0. The molecule has 2 fully saturated rings. The van der Waals surface area contributed by atoms with Crippen molar-refractivity contribution in [1.82, 2.24) is 4.90 Å². The molecule has 2 N–H and O–H groups in total. The predicted molar refractivity (Wildman–Crippen MR) is 163 cm³/mol. The highest BCUT2D eigenvalue weighted by atomic mass is 127. The summed E-state index contributed by atoms with van der Waals surface area (Å²) in [6.07, 6.45) is 4.64. The topological polar surface area (TPSA) is 96.3 Å². The third kappa shape index (κ3) is 5.48. The number of rotatable bonds is 8. The molecule has 0 radical (unpaired) electrons. The quantitative estimate of drug-likeness (QED) is 0.127. The fourth-order valence-corrected chi connectivity index (χ4v) is 7.33. The summed E-state index contributed by atoms with van der Waals surface area (Å²) < 4.78 is 12.2. The average Bonchev–Trinajstić information content (AvgIpc) is 3.17. The van der Waals surface area contributed by atoms with Gasteiger partial charge in [0.2, 0.25) is 11.8 Å². The number of amides is 2. The van der Waals surface area contributed by atoms with E-state index in [2.05, 4.69) is 40.8 Å². The standard InChI is InChI=1S/C31H35BINO6/c1-4-12-34-30(36)22-13-18(2)27-23(28(22)31(34)37)17-32(38)40-25(27)11-10-21(20-8-6-5-7-9-20)14-19-15-24(33)29(35)26(16-19)39-3/h5-9,14-16,22-23,25,28,35,38H,4,10-13,17H2,1-3H3/b21-14-/t22-,23+,25-,28-/m1/s1. The van der Waals surface area contributed by atoms with Gasteiger partial charge in [0, 0.05) is 6.54 Å². The maximum absolute atomic E-state index is 13.4. The number of benzene rings is 2. The van der Waals surface area contributed by atoms with Crippen molar-refractivity contribution in [3.63, 3.8) is 0 Å². The summed E-state index contributed by atoms with van der Waals surface area (Å²) in [4.78, 5) is 27.9. The minimum atomic E-state index is -0.986. The Kier molecular flexibility index (Phi) is 8.73. The molecule has 5 rings (SSSR count). The minimum absolute atomic E-state index is 0.0685. The highest BCUT2D eigenvalue weighted by Gasteiger charge is 2.56. The molecule has 40 heavy (non-hydrogen) atoms. The molecule has 0 aromatic heterocycles. The lowest BCUT2D eigenvalue weighted by atomic mass is 9.58. The third-order valence-electron chi connectivity index (χ3n) is 8.42. The number of carbonyl (C=O) groups excluding carboxylic acids is 2. The van der Waals surface area contributed by atoms with Crippen LogP contribution in [0.15, 0.2) is 53.6 Å². The average molecular weight is 655 g/mol. The molecule has 7 nitrogen and oxygen atoms in total. The lowest BCUT2D eigenvalue weighted by molar-refractivity contribution is -0.140. The van der Waals surface area contributed by atoms with E-state index in [-0.39, 0.29) is 35.5 Å². The van der Waals surface area contributed by atoms with Crippen LogP contribution in [0.25, 0.3) is 11.6 Å². The van der Waals surface area contributed by atoms with Crippen molar-refractivity contribution in [1.29, 1.82) is 0 Å². The summed E-state index contributed by atoms with van der Waals surface area (Å²) in [7, 11) is 0.550. The van der Waals surface area contributed by atoms with Gasteiger partial charge in [-0.05, 0) is 102 Å². The second-order valence-electron chi connectivity index (χ2n) is 10.9. The van der Waals surface area contributed by atoms with Crippen LogP contribution in [0.3, 0.4) is 0 Å². The second kappa shape index (κ2) is 12.1. The maximum atomic E-state index is 13.4. The fourth-order valence-electron chi connectivity index (χ4n) is 6.70. The Morgan fingerprint density at radius 1 is 1.20 bits per heavy atom. The van der Waals surface area contributed by atoms with Crippen molar-refractivity contribution >= 4 is 53.2 Å². The van der Waals surface area contributed by atoms with E-state index in [4.69, 9.17) is 9.39 Å². The van der Waals surface area contributed by atoms with Gasteiger partial charge in [-0.2, -0.15) is 0 Å². The number of methoxy groups -OCH3 is 1. The third-order valence-corrected chi connectivity index (χ3v) is 9.25. The first-order chi connectivity index (χ1) is 19.2. The number of carbonyl (C=O) groups is 2. The monoisotopic (exact) mass is 655 g/mol. The van der Waals surface area contributed by atoms with Crippen LogP contribution in [-0.2, 0) is 14.2 Å². The van der Waals surface area contributed by atoms with Gasteiger partial charge in [0.15, 0.2) is 11.5 Å². The summed E-state index contributed by atoms with van der Waals surface area (Å²) in [5.74, 6) is -0.593. The van der Waals surface area contributed by atoms with Crippen molar-refractivity contribution in [2.24, 2.45) is 17.8 Å². The number of halogens is 1. The van der Waals surface area contributed by atoms with Gasteiger partial charge in [0.25, 0.3) is 0 Å². The highest BCUT2D eigenvalue weighted by Crippen LogP contribution is 2.50. The molecule has 1 aliphatic carbocycles. The smallest absolute Gasteiger partial charge is 0.455 e. The van der Waals surface area contributed by atoms with Crippen LogP contribution in [0.4, 0.5) is 0 Å². The number of ether oxygens (including phenoxy) is 1. The Bertz CT molecular complexity index is 1360. The summed E-state index contributed by atoms with van der Waals surface area (Å²) in [6.45, 7) is 4.46. The molecular formula is C31H35BINO6. The van der Waals surface area contributed by atoms with E-state index >= 15 is 0 Å². The second-order valence-corrected chi connectivity index (χ2v) is 12.1. The molecule has 0 saturated carbocycles. The number of likely N-dealkylation sites (tertiary alicyclic amines) is 1. The first kappa shape index (κ1) is 28.9. The number of phenolic OH excluding ortho intramolecular Hbond substituents is 1. The van der Waals surface area contributed by atoms with E-state index in [1.165, 1.54) is 12.0 Å². The molecule has 3 aliphatic rings. The number of hydrogen-bond donors (Lipinski definition) is 2.